The summed E-state index contributed by atoms with van der Waals surface area (Å²) in [6.45, 7) is 12.7. The minimum Gasteiger partial charge on any atom is -0.381 e. The zero-order chi connectivity index (χ0) is 16.0. The molecule has 1 fully saturated rings. The highest BCUT2D eigenvalue weighted by atomic mass is 127. The lowest BCUT2D eigenvalue weighted by atomic mass is 10.1. The summed E-state index contributed by atoms with van der Waals surface area (Å²) in [6, 6.07) is 0. The maximum absolute atomic E-state index is 5.69. The lowest BCUT2D eigenvalue weighted by Gasteiger charge is -2.12. The van der Waals surface area contributed by atoms with Gasteiger partial charge in [0.2, 0.25) is 0 Å². The summed E-state index contributed by atoms with van der Waals surface area (Å²) < 4.78 is 11.0. The van der Waals surface area contributed by atoms with Crippen LogP contribution in [0.25, 0.3) is 0 Å². The molecule has 0 spiro atoms. The highest BCUT2D eigenvalue weighted by Gasteiger charge is 2.15. The van der Waals surface area contributed by atoms with Crippen LogP contribution in [0.2, 0.25) is 0 Å². The van der Waals surface area contributed by atoms with Crippen LogP contribution in [0.3, 0.4) is 0 Å². The smallest absolute Gasteiger partial charge is 0.191 e. The predicted molar refractivity (Wildman–Crippen MR) is 108 cm³/mol. The van der Waals surface area contributed by atoms with Gasteiger partial charge in [-0.15, -0.1) is 24.0 Å². The summed E-state index contributed by atoms with van der Waals surface area (Å²) in [5.74, 6) is 2.29. The molecule has 6 heteroatoms. The van der Waals surface area contributed by atoms with Crippen molar-refractivity contribution in [2.75, 3.05) is 46.1 Å². The van der Waals surface area contributed by atoms with Crippen molar-refractivity contribution < 1.29 is 9.47 Å². The van der Waals surface area contributed by atoms with E-state index < -0.39 is 0 Å². The van der Waals surface area contributed by atoms with Crippen LogP contribution in [0.4, 0.5) is 0 Å². The summed E-state index contributed by atoms with van der Waals surface area (Å²) in [6.07, 6.45) is 4.55. The maximum atomic E-state index is 5.69. The third-order valence-corrected chi connectivity index (χ3v) is 3.69. The van der Waals surface area contributed by atoms with E-state index in [1.165, 1.54) is 12.8 Å². The van der Waals surface area contributed by atoms with Crippen LogP contribution in [0, 0.1) is 11.8 Å². The van der Waals surface area contributed by atoms with Gasteiger partial charge in [-0.3, -0.25) is 4.99 Å². The molecule has 2 N–H and O–H groups in total. The van der Waals surface area contributed by atoms with Crippen LogP contribution < -0.4 is 10.6 Å². The van der Waals surface area contributed by atoms with Gasteiger partial charge < -0.3 is 20.1 Å². The van der Waals surface area contributed by atoms with E-state index in [1.807, 2.05) is 0 Å². The van der Waals surface area contributed by atoms with E-state index in [0.29, 0.717) is 5.92 Å². The normalized spacial score (nSPS) is 18.1. The molecule has 138 valence electrons. The van der Waals surface area contributed by atoms with Crippen LogP contribution in [0.1, 0.15) is 46.5 Å². The third kappa shape index (κ3) is 12.9. The molecule has 1 heterocycles. The molecule has 1 saturated heterocycles. The molecule has 0 radical (unpaired) electrons. The Kier molecular flexibility index (Phi) is 15.4. The average molecular weight is 441 g/mol. The quantitative estimate of drug-likeness (QED) is 0.224. The van der Waals surface area contributed by atoms with Gasteiger partial charge in [0.15, 0.2) is 5.96 Å². The molecule has 0 aromatic rings. The average Bonchev–Trinajstić information content (AvgIpc) is 3.00. The molecule has 0 aliphatic carbocycles. The topological polar surface area (TPSA) is 54.9 Å². The van der Waals surface area contributed by atoms with Crippen LogP contribution in [-0.4, -0.2) is 52.0 Å². The second kappa shape index (κ2) is 15.4. The number of hydrogen-bond donors (Lipinski definition) is 2. The Morgan fingerprint density at radius 1 is 1.30 bits per heavy atom. The summed E-state index contributed by atoms with van der Waals surface area (Å²) >= 11 is 0. The number of guanidine groups is 1. The molecule has 1 rings (SSSR count). The zero-order valence-electron chi connectivity index (χ0n) is 15.1. The number of hydrogen-bond acceptors (Lipinski definition) is 3. The van der Waals surface area contributed by atoms with Gasteiger partial charge in [0.25, 0.3) is 0 Å². The molecular formula is C17H36IN3O2. The Bertz CT molecular complexity index is 296. The van der Waals surface area contributed by atoms with Crippen molar-refractivity contribution in [1.29, 1.82) is 0 Å². The monoisotopic (exact) mass is 441 g/mol. The second-order valence-corrected chi connectivity index (χ2v) is 6.38. The number of ether oxygens (including phenoxy) is 2. The van der Waals surface area contributed by atoms with Crippen molar-refractivity contribution in [3.05, 3.63) is 0 Å². The number of halogens is 1. The molecular weight excluding hydrogens is 405 g/mol. The SMILES string of the molecule is CCNC(=NCCCOCC1CCOC1)NCCCC(C)C.I. The van der Waals surface area contributed by atoms with Crippen molar-refractivity contribution in [2.24, 2.45) is 16.8 Å². The molecule has 0 bridgehead atoms. The fraction of sp³-hybridized carbons (Fsp3) is 0.941. The number of aliphatic imine (C=N–C) groups is 1. The van der Waals surface area contributed by atoms with Gasteiger partial charge in [0.05, 0.1) is 13.2 Å². The van der Waals surface area contributed by atoms with Crippen molar-refractivity contribution >= 4 is 29.9 Å². The summed E-state index contributed by atoms with van der Waals surface area (Å²) in [7, 11) is 0. The van der Waals surface area contributed by atoms with Gasteiger partial charge in [0, 0.05) is 38.8 Å². The van der Waals surface area contributed by atoms with E-state index >= 15 is 0 Å². The van der Waals surface area contributed by atoms with Gasteiger partial charge in [-0.05, 0) is 38.5 Å². The standard InChI is InChI=1S/C17H35N3O2.HI/c1-4-18-17(19-9-5-7-15(2)3)20-10-6-11-21-13-16-8-12-22-14-16;/h15-16H,4-14H2,1-3H3,(H2,18,19,20);1H. The molecule has 1 atom stereocenters. The van der Waals surface area contributed by atoms with Gasteiger partial charge >= 0.3 is 0 Å². The molecule has 0 saturated carbocycles. The Balaban J connectivity index is 0.00000484. The Hall–Kier alpha value is -0.0800. The molecule has 0 aromatic carbocycles. The Labute approximate surface area is 159 Å². The highest BCUT2D eigenvalue weighted by Crippen LogP contribution is 2.12. The van der Waals surface area contributed by atoms with Crippen molar-refractivity contribution in [1.82, 2.24) is 10.6 Å². The van der Waals surface area contributed by atoms with E-state index in [9.17, 15) is 0 Å². The summed E-state index contributed by atoms with van der Waals surface area (Å²) in [5, 5.41) is 6.68. The third-order valence-electron chi connectivity index (χ3n) is 3.69. The van der Waals surface area contributed by atoms with E-state index in [1.54, 1.807) is 0 Å². The summed E-state index contributed by atoms with van der Waals surface area (Å²) in [4.78, 5) is 4.59. The molecule has 23 heavy (non-hydrogen) atoms. The lowest BCUT2D eigenvalue weighted by molar-refractivity contribution is 0.0893. The van der Waals surface area contributed by atoms with Gasteiger partial charge in [-0.25, -0.2) is 0 Å². The molecule has 5 nitrogen and oxygen atoms in total. The highest BCUT2D eigenvalue weighted by molar-refractivity contribution is 14.0. The fourth-order valence-electron chi connectivity index (χ4n) is 2.38. The predicted octanol–water partition coefficient (Wildman–Crippen LogP) is 3.04. The van der Waals surface area contributed by atoms with Crippen LogP contribution in [0.15, 0.2) is 4.99 Å². The first-order chi connectivity index (χ1) is 10.7. The second-order valence-electron chi connectivity index (χ2n) is 6.38. The first kappa shape index (κ1) is 22.9. The van der Waals surface area contributed by atoms with E-state index in [4.69, 9.17) is 9.47 Å². The molecule has 1 aliphatic rings. The molecule has 0 amide bonds. The zero-order valence-corrected chi connectivity index (χ0v) is 17.4. The van der Waals surface area contributed by atoms with E-state index in [-0.39, 0.29) is 24.0 Å². The van der Waals surface area contributed by atoms with Crippen LogP contribution in [0.5, 0.6) is 0 Å². The van der Waals surface area contributed by atoms with Crippen molar-refractivity contribution in [3.63, 3.8) is 0 Å². The van der Waals surface area contributed by atoms with Crippen molar-refractivity contribution in [3.8, 4) is 0 Å². The largest absolute Gasteiger partial charge is 0.381 e. The minimum atomic E-state index is 0. The Morgan fingerprint density at radius 2 is 2.13 bits per heavy atom. The Morgan fingerprint density at radius 3 is 2.78 bits per heavy atom. The number of nitrogens with zero attached hydrogens (tertiary/aromatic N) is 1. The van der Waals surface area contributed by atoms with Crippen LogP contribution >= 0.6 is 24.0 Å². The van der Waals surface area contributed by atoms with E-state index in [2.05, 4.69) is 36.4 Å². The maximum Gasteiger partial charge on any atom is 0.191 e. The lowest BCUT2D eigenvalue weighted by Crippen LogP contribution is -2.38. The summed E-state index contributed by atoms with van der Waals surface area (Å²) in [5.41, 5.74) is 0. The van der Waals surface area contributed by atoms with Gasteiger partial charge in [0.1, 0.15) is 0 Å². The molecule has 1 aliphatic heterocycles. The first-order valence-electron chi connectivity index (χ1n) is 8.90. The van der Waals surface area contributed by atoms with Crippen LogP contribution in [-0.2, 0) is 9.47 Å². The minimum absolute atomic E-state index is 0. The number of nitrogens with one attached hydrogen (secondary N) is 2. The van der Waals surface area contributed by atoms with Gasteiger partial charge in [-0.2, -0.15) is 0 Å². The first-order valence-corrected chi connectivity index (χ1v) is 8.90. The fourth-order valence-corrected chi connectivity index (χ4v) is 2.38. The van der Waals surface area contributed by atoms with E-state index in [0.717, 1.165) is 70.8 Å². The number of rotatable bonds is 11. The molecule has 1 unspecified atom stereocenters. The van der Waals surface area contributed by atoms with Crippen molar-refractivity contribution in [2.45, 2.75) is 46.5 Å². The molecule has 0 aromatic heterocycles. The van der Waals surface area contributed by atoms with Gasteiger partial charge in [-0.1, -0.05) is 13.8 Å².